The Morgan fingerprint density at radius 3 is 2.88 bits per heavy atom. The van der Waals surface area contributed by atoms with Gasteiger partial charge in [-0.15, -0.1) is 0 Å². The maximum atomic E-state index is 4.38. The quantitative estimate of drug-likeness (QED) is 0.692. The van der Waals surface area contributed by atoms with E-state index in [1.807, 2.05) is 42.1 Å². The Morgan fingerprint density at radius 1 is 1.18 bits per heavy atom. The van der Waals surface area contributed by atoms with Gasteiger partial charge in [0.05, 0.1) is 29.3 Å². The van der Waals surface area contributed by atoms with E-state index >= 15 is 0 Å². The van der Waals surface area contributed by atoms with Crippen LogP contribution in [0.5, 0.6) is 0 Å². The lowest BCUT2D eigenvalue weighted by Crippen LogP contribution is -1.98. The van der Waals surface area contributed by atoms with Crippen LogP contribution in [0.15, 0.2) is 41.1 Å². The Labute approximate surface area is 106 Å². The van der Waals surface area contributed by atoms with E-state index in [-0.39, 0.29) is 0 Å². The number of halogens is 1. The molecule has 4 nitrogen and oxygen atoms in total. The predicted molar refractivity (Wildman–Crippen MR) is 69.1 cm³/mol. The van der Waals surface area contributed by atoms with Crippen LogP contribution in [0, 0.1) is 6.92 Å². The van der Waals surface area contributed by atoms with Crippen LogP contribution in [-0.2, 0) is 0 Å². The highest BCUT2D eigenvalue weighted by Gasteiger charge is 2.06. The number of nitrogens with zero attached hydrogens (tertiary/aromatic N) is 4. The summed E-state index contributed by atoms with van der Waals surface area (Å²) in [6.45, 7) is 1.91. The Kier molecular flexibility index (Phi) is 2.40. The molecule has 2 aromatic heterocycles. The van der Waals surface area contributed by atoms with Gasteiger partial charge < -0.3 is 0 Å². The van der Waals surface area contributed by atoms with E-state index in [4.69, 9.17) is 0 Å². The summed E-state index contributed by atoms with van der Waals surface area (Å²) < 4.78 is 2.90. The van der Waals surface area contributed by atoms with Gasteiger partial charge in [0.25, 0.3) is 0 Å². The Morgan fingerprint density at radius 2 is 2.06 bits per heavy atom. The minimum Gasteiger partial charge on any atom is -0.231 e. The molecular formula is C12H9BrN4. The van der Waals surface area contributed by atoms with Crippen molar-refractivity contribution in [1.82, 2.24) is 20.0 Å². The van der Waals surface area contributed by atoms with Crippen molar-refractivity contribution in [3.63, 3.8) is 0 Å². The lowest BCUT2D eigenvalue weighted by atomic mass is 10.2. The number of hydrogen-bond acceptors (Lipinski definition) is 3. The summed E-state index contributed by atoms with van der Waals surface area (Å²) >= 11 is 3.47. The van der Waals surface area contributed by atoms with Gasteiger partial charge in [0.15, 0.2) is 0 Å². The number of rotatable bonds is 1. The van der Waals surface area contributed by atoms with Gasteiger partial charge in [-0.3, -0.25) is 0 Å². The molecule has 0 saturated heterocycles. The topological polar surface area (TPSA) is 43.6 Å². The molecule has 84 valence electrons. The van der Waals surface area contributed by atoms with E-state index < -0.39 is 0 Å². The summed E-state index contributed by atoms with van der Waals surface area (Å²) in [5.74, 6) is 0. The second-order valence-electron chi connectivity index (χ2n) is 3.81. The molecule has 0 saturated carbocycles. The molecule has 17 heavy (non-hydrogen) atoms. The first kappa shape index (κ1) is 10.4. The van der Waals surface area contributed by atoms with Gasteiger partial charge in [0, 0.05) is 9.86 Å². The van der Waals surface area contributed by atoms with Crippen LogP contribution in [0.3, 0.4) is 0 Å². The molecule has 0 radical (unpaired) electrons. The SMILES string of the molecule is Cc1cc(-n2ncc3ccc(Br)cc32)cnn1. The van der Waals surface area contributed by atoms with Gasteiger partial charge in [-0.1, -0.05) is 22.0 Å². The largest absolute Gasteiger partial charge is 0.231 e. The van der Waals surface area contributed by atoms with Crippen LogP contribution >= 0.6 is 15.9 Å². The molecule has 3 rings (SSSR count). The second kappa shape index (κ2) is 3.92. The monoisotopic (exact) mass is 288 g/mol. The Hall–Kier alpha value is -1.75. The Bertz CT molecular complexity index is 690. The summed E-state index contributed by atoms with van der Waals surface area (Å²) in [7, 11) is 0. The van der Waals surface area contributed by atoms with Crippen molar-refractivity contribution >= 4 is 26.8 Å². The molecule has 0 aliphatic heterocycles. The Balaban J connectivity index is 2.27. The average Bonchev–Trinajstić information content (AvgIpc) is 2.71. The summed E-state index contributed by atoms with van der Waals surface area (Å²) in [6.07, 6.45) is 3.55. The molecule has 0 bridgehead atoms. The lowest BCUT2D eigenvalue weighted by molar-refractivity contribution is 0.873. The van der Waals surface area contributed by atoms with E-state index in [9.17, 15) is 0 Å². The zero-order valence-corrected chi connectivity index (χ0v) is 10.7. The van der Waals surface area contributed by atoms with Crippen molar-refractivity contribution < 1.29 is 0 Å². The van der Waals surface area contributed by atoms with E-state index in [2.05, 4.69) is 31.2 Å². The molecule has 2 heterocycles. The number of aryl methyl sites for hydroxylation is 1. The summed E-state index contributed by atoms with van der Waals surface area (Å²) in [4.78, 5) is 0. The summed E-state index contributed by atoms with van der Waals surface area (Å²) in [5, 5.41) is 13.4. The third-order valence-corrected chi connectivity index (χ3v) is 3.03. The molecule has 0 amide bonds. The molecule has 0 N–H and O–H groups in total. The van der Waals surface area contributed by atoms with Crippen LogP contribution in [0.1, 0.15) is 5.69 Å². The number of fused-ring (bicyclic) bond motifs is 1. The fraction of sp³-hybridized carbons (Fsp3) is 0.0833. The normalized spacial score (nSPS) is 10.9. The van der Waals surface area contributed by atoms with Gasteiger partial charge in [0.1, 0.15) is 0 Å². The van der Waals surface area contributed by atoms with Crippen molar-refractivity contribution in [2.24, 2.45) is 0 Å². The van der Waals surface area contributed by atoms with Crippen LogP contribution in [0.2, 0.25) is 0 Å². The molecule has 0 atom stereocenters. The number of aromatic nitrogens is 4. The molecule has 0 spiro atoms. The second-order valence-corrected chi connectivity index (χ2v) is 4.73. The van der Waals surface area contributed by atoms with Gasteiger partial charge >= 0.3 is 0 Å². The van der Waals surface area contributed by atoms with E-state index in [0.29, 0.717) is 0 Å². The van der Waals surface area contributed by atoms with E-state index in [1.54, 1.807) is 6.20 Å². The van der Waals surface area contributed by atoms with Crippen LogP contribution in [0.4, 0.5) is 0 Å². The highest BCUT2D eigenvalue weighted by Crippen LogP contribution is 2.21. The first-order valence-electron chi connectivity index (χ1n) is 5.17. The van der Waals surface area contributed by atoms with Crippen molar-refractivity contribution in [1.29, 1.82) is 0 Å². The maximum Gasteiger partial charge on any atom is 0.0873 e. The fourth-order valence-corrected chi connectivity index (χ4v) is 2.12. The molecule has 3 aromatic rings. The molecule has 5 heteroatoms. The van der Waals surface area contributed by atoms with Gasteiger partial charge in [-0.25, -0.2) is 4.68 Å². The average molecular weight is 289 g/mol. The van der Waals surface area contributed by atoms with Crippen LogP contribution in [-0.4, -0.2) is 20.0 Å². The van der Waals surface area contributed by atoms with Crippen molar-refractivity contribution in [3.05, 3.63) is 46.8 Å². The molecule has 1 aromatic carbocycles. The molecule has 0 fully saturated rings. The summed E-state index contributed by atoms with van der Waals surface area (Å²) in [5.41, 5.74) is 2.85. The van der Waals surface area contributed by atoms with Crippen molar-refractivity contribution in [2.45, 2.75) is 6.92 Å². The molecule has 0 unspecified atom stereocenters. The smallest absolute Gasteiger partial charge is 0.0873 e. The third-order valence-electron chi connectivity index (χ3n) is 2.54. The zero-order chi connectivity index (χ0) is 11.8. The molecule has 0 aliphatic carbocycles. The number of benzene rings is 1. The summed E-state index contributed by atoms with van der Waals surface area (Å²) in [6, 6.07) is 8.03. The standard InChI is InChI=1S/C12H9BrN4/c1-8-4-11(7-14-16-8)17-12-5-10(13)3-2-9(12)6-15-17/h2-7H,1H3. The van der Waals surface area contributed by atoms with Gasteiger partial charge in [-0.05, 0) is 25.1 Å². The van der Waals surface area contributed by atoms with Gasteiger partial charge in [-0.2, -0.15) is 15.3 Å². The lowest BCUT2D eigenvalue weighted by Gasteiger charge is -2.03. The van der Waals surface area contributed by atoms with Crippen molar-refractivity contribution in [2.75, 3.05) is 0 Å². The van der Waals surface area contributed by atoms with E-state index in [0.717, 1.165) is 26.8 Å². The number of hydrogen-bond donors (Lipinski definition) is 0. The van der Waals surface area contributed by atoms with Crippen LogP contribution in [0.25, 0.3) is 16.6 Å². The molecule has 0 aliphatic rings. The fourth-order valence-electron chi connectivity index (χ4n) is 1.77. The third kappa shape index (κ3) is 1.82. The zero-order valence-electron chi connectivity index (χ0n) is 9.13. The highest BCUT2D eigenvalue weighted by atomic mass is 79.9. The van der Waals surface area contributed by atoms with Gasteiger partial charge in [0.2, 0.25) is 0 Å². The van der Waals surface area contributed by atoms with Crippen LogP contribution < -0.4 is 0 Å². The van der Waals surface area contributed by atoms with Crippen molar-refractivity contribution in [3.8, 4) is 5.69 Å². The minimum absolute atomic E-state index is 0.876. The van der Waals surface area contributed by atoms with E-state index in [1.165, 1.54) is 0 Å². The first-order valence-corrected chi connectivity index (χ1v) is 5.96. The highest BCUT2D eigenvalue weighted by molar-refractivity contribution is 9.10. The maximum absolute atomic E-state index is 4.38. The predicted octanol–water partition coefficient (Wildman–Crippen LogP) is 2.89. The minimum atomic E-state index is 0.876. The first-order chi connectivity index (χ1) is 8.24. The molecular weight excluding hydrogens is 280 g/mol.